The van der Waals surface area contributed by atoms with Gasteiger partial charge < -0.3 is 4.42 Å². The lowest BCUT2D eigenvalue weighted by Crippen LogP contribution is -1.80. The summed E-state index contributed by atoms with van der Waals surface area (Å²) in [7, 11) is 0. The normalized spacial score (nSPS) is 10.3. The smallest absolute Gasteiger partial charge is 0.247 e. The van der Waals surface area contributed by atoms with E-state index in [-0.39, 0.29) is 0 Å². The first kappa shape index (κ1) is 9.14. The first-order chi connectivity index (χ1) is 6.27. The van der Waals surface area contributed by atoms with Crippen LogP contribution in [0.5, 0.6) is 0 Å². The zero-order valence-electron chi connectivity index (χ0n) is 6.37. The zero-order valence-corrected chi connectivity index (χ0v) is 10.1. The summed E-state index contributed by atoms with van der Waals surface area (Å²) in [4.78, 5) is 0. The Kier molecular flexibility index (Phi) is 2.63. The first-order valence-corrected chi connectivity index (χ1v) is 5.36. The van der Waals surface area contributed by atoms with E-state index < -0.39 is 0 Å². The van der Waals surface area contributed by atoms with Crippen LogP contribution >= 0.6 is 38.5 Å². The third-order valence-electron chi connectivity index (χ3n) is 1.53. The summed E-state index contributed by atoms with van der Waals surface area (Å²) in [5.41, 5.74) is 0.935. The maximum Gasteiger partial charge on any atom is 0.247 e. The molecular weight excluding hydrogens is 347 g/mol. The van der Waals surface area contributed by atoms with Crippen LogP contribution in [-0.2, 0) is 0 Å². The molecule has 0 saturated carbocycles. The average molecular weight is 351 g/mol. The molecule has 0 aliphatic heterocycles. The van der Waals surface area contributed by atoms with Crippen molar-refractivity contribution in [2.24, 2.45) is 0 Å². The molecule has 0 fully saturated rings. The Morgan fingerprint density at radius 2 is 2.23 bits per heavy atom. The van der Waals surface area contributed by atoms with Gasteiger partial charge in [-0.3, -0.25) is 0 Å². The van der Waals surface area contributed by atoms with E-state index in [0.29, 0.717) is 5.89 Å². The number of hydrogen-bond acceptors (Lipinski definition) is 3. The van der Waals surface area contributed by atoms with Crippen LogP contribution in [0.1, 0.15) is 0 Å². The lowest BCUT2D eigenvalue weighted by molar-refractivity contribution is 0.568. The van der Waals surface area contributed by atoms with Gasteiger partial charge in [-0.05, 0) is 56.7 Å². The van der Waals surface area contributed by atoms with Crippen molar-refractivity contribution in [1.29, 1.82) is 0 Å². The van der Waals surface area contributed by atoms with E-state index in [0.717, 1.165) is 13.6 Å². The van der Waals surface area contributed by atoms with Gasteiger partial charge >= 0.3 is 0 Å². The maximum absolute atomic E-state index is 5.07. The van der Waals surface area contributed by atoms with Gasteiger partial charge in [0.1, 0.15) is 0 Å². The number of aromatic nitrogens is 2. The summed E-state index contributed by atoms with van der Waals surface area (Å²) in [6.45, 7) is 0. The Morgan fingerprint density at radius 3 is 2.85 bits per heavy atom. The fourth-order valence-corrected chi connectivity index (χ4v) is 1.69. The van der Waals surface area contributed by atoms with Crippen molar-refractivity contribution in [1.82, 2.24) is 10.2 Å². The second-order valence-electron chi connectivity index (χ2n) is 2.37. The molecule has 0 radical (unpaired) electrons. The molecule has 3 nitrogen and oxygen atoms in total. The third kappa shape index (κ3) is 1.91. The van der Waals surface area contributed by atoms with Crippen LogP contribution in [0.2, 0.25) is 0 Å². The van der Waals surface area contributed by atoms with Crippen molar-refractivity contribution in [3.05, 3.63) is 32.6 Å². The molecule has 13 heavy (non-hydrogen) atoms. The highest BCUT2D eigenvalue weighted by Gasteiger charge is 2.04. The van der Waals surface area contributed by atoms with Crippen LogP contribution in [-0.4, -0.2) is 10.2 Å². The van der Waals surface area contributed by atoms with Crippen molar-refractivity contribution in [3.63, 3.8) is 0 Å². The minimum Gasteiger partial charge on any atom is -0.423 e. The van der Waals surface area contributed by atoms with E-state index in [2.05, 4.69) is 48.7 Å². The fraction of sp³-hybridized carbons (Fsp3) is 0. The number of nitrogens with zero attached hydrogens (tertiary/aromatic N) is 2. The van der Waals surface area contributed by atoms with E-state index in [1.54, 1.807) is 0 Å². The van der Waals surface area contributed by atoms with Crippen LogP contribution in [0, 0.1) is 3.57 Å². The molecule has 0 bridgehead atoms. The lowest BCUT2D eigenvalue weighted by atomic mass is 10.2. The third-order valence-corrected chi connectivity index (χ3v) is 3.85. The van der Waals surface area contributed by atoms with Crippen LogP contribution in [0.15, 0.2) is 33.5 Å². The molecule has 0 aliphatic carbocycles. The van der Waals surface area contributed by atoms with Crippen molar-refractivity contribution in [2.45, 2.75) is 0 Å². The Labute approximate surface area is 96.8 Å². The standard InChI is InChI=1S/C8H4BrIN2O/c9-6-2-1-5(3-7(6)10)8-12-11-4-13-8/h1-4H. The van der Waals surface area contributed by atoms with Crippen molar-refractivity contribution >= 4 is 38.5 Å². The van der Waals surface area contributed by atoms with Gasteiger partial charge in [-0.15, -0.1) is 10.2 Å². The van der Waals surface area contributed by atoms with Crippen LogP contribution in [0.4, 0.5) is 0 Å². The van der Waals surface area contributed by atoms with Gasteiger partial charge in [0.25, 0.3) is 0 Å². The summed E-state index contributed by atoms with van der Waals surface area (Å²) in [6, 6.07) is 5.87. The van der Waals surface area contributed by atoms with Crippen molar-refractivity contribution < 1.29 is 4.42 Å². The van der Waals surface area contributed by atoms with Gasteiger partial charge in [0.05, 0.1) is 0 Å². The Hall–Kier alpha value is -0.430. The topological polar surface area (TPSA) is 38.9 Å². The Morgan fingerprint density at radius 1 is 1.38 bits per heavy atom. The molecule has 0 saturated heterocycles. The quantitative estimate of drug-likeness (QED) is 0.742. The molecule has 1 aromatic carbocycles. The second-order valence-corrected chi connectivity index (χ2v) is 4.39. The molecule has 1 heterocycles. The molecule has 0 N–H and O–H groups in total. The zero-order chi connectivity index (χ0) is 9.26. The van der Waals surface area contributed by atoms with Gasteiger partial charge in [-0.1, -0.05) is 0 Å². The number of rotatable bonds is 1. The van der Waals surface area contributed by atoms with Gasteiger partial charge in [-0.2, -0.15) is 0 Å². The fourth-order valence-electron chi connectivity index (χ4n) is 0.928. The average Bonchev–Trinajstić information content (AvgIpc) is 2.62. The van der Waals surface area contributed by atoms with Gasteiger partial charge in [-0.25, -0.2) is 0 Å². The predicted molar refractivity (Wildman–Crippen MR) is 60.2 cm³/mol. The molecule has 66 valence electrons. The molecule has 0 amide bonds. The van der Waals surface area contributed by atoms with Crippen molar-refractivity contribution in [3.8, 4) is 11.5 Å². The first-order valence-electron chi connectivity index (χ1n) is 3.49. The highest BCUT2D eigenvalue weighted by Crippen LogP contribution is 2.24. The van der Waals surface area contributed by atoms with Gasteiger partial charge in [0.2, 0.25) is 12.3 Å². The van der Waals surface area contributed by atoms with Crippen LogP contribution in [0.25, 0.3) is 11.5 Å². The molecule has 0 aliphatic rings. The SMILES string of the molecule is Brc1ccc(-c2nnco2)cc1I. The second kappa shape index (κ2) is 3.75. The molecule has 0 unspecified atom stereocenters. The molecule has 2 aromatic rings. The van der Waals surface area contributed by atoms with Gasteiger partial charge in [0.15, 0.2) is 0 Å². The molecule has 5 heteroatoms. The lowest BCUT2D eigenvalue weighted by Gasteiger charge is -1.97. The molecule has 1 aromatic heterocycles. The van der Waals surface area contributed by atoms with E-state index in [9.17, 15) is 0 Å². The van der Waals surface area contributed by atoms with Crippen LogP contribution < -0.4 is 0 Å². The number of benzene rings is 1. The number of halogens is 2. The van der Waals surface area contributed by atoms with E-state index in [1.165, 1.54) is 6.39 Å². The van der Waals surface area contributed by atoms with Gasteiger partial charge in [0, 0.05) is 13.6 Å². The van der Waals surface area contributed by atoms with E-state index >= 15 is 0 Å². The van der Waals surface area contributed by atoms with E-state index in [4.69, 9.17) is 4.42 Å². The highest BCUT2D eigenvalue weighted by molar-refractivity contribution is 14.1. The molecule has 2 rings (SSSR count). The Balaban J connectivity index is 2.49. The minimum atomic E-state index is 0.547. The molecular formula is C8H4BrIN2O. The minimum absolute atomic E-state index is 0.547. The summed E-state index contributed by atoms with van der Waals surface area (Å²) in [5, 5.41) is 7.44. The summed E-state index contributed by atoms with van der Waals surface area (Å²) >= 11 is 5.66. The largest absolute Gasteiger partial charge is 0.423 e. The summed E-state index contributed by atoms with van der Waals surface area (Å²) in [5.74, 6) is 0.547. The molecule has 0 spiro atoms. The Bertz CT molecular complexity index is 416. The predicted octanol–water partition coefficient (Wildman–Crippen LogP) is 3.10. The molecule has 0 atom stereocenters. The van der Waals surface area contributed by atoms with E-state index in [1.807, 2.05) is 18.2 Å². The van der Waals surface area contributed by atoms with Crippen molar-refractivity contribution in [2.75, 3.05) is 0 Å². The maximum atomic E-state index is 5.07. The number of hydrogen-bond donors (Lipinski definition) is 0. The monoisotopic (exact) mass is 350 g/mol. The highest BCUT2D eigenvalue weighted by atomic mass is 127. The summed E-state index contributed by atoms with van der Waals surface area (Å²) in [6.07, 6.45) is 1.32. The summed E-state index contributed by atoms with van der Waals surface area (Å²) < 4.78 is 7.26. The van der Waals surface area contributed by atoms with Crippen LogP contribution in [0.3, 0.4) is 0 Å².